The van der Waals surface area contributed by atoms with Gasteiger partial charge in [0.1, 0.15) is 5.75 Å². The molecule has 0 fully saturated rings. The average molecular weight is 328 g/mol. The second-order valence-electron chi connectivity index (χ2n) is 4.10. The van der Waals surface area contributed by atoms with Crippen molar-refractivity contribution in [2.75, 3.05) is 0 Å². The first kappa shape index (κ1) is 14.0. The molecule has 5 heteroatoms. The van der Waals surface area contributed by atoms with Gasteiger partial charge in [0.25, 0.3) is 0 Å². The maximum atomic E-state index is 13.8. The lowest BCUT2D eigenvalue weighted by Crippen LogP contribution is -2.01. The summed E-state index contributed by atoms with van der Waals surface area (Å²) in [5.74, 6) is -1.55. The molecule has 0 saturated heterocycles. The largest absolute Gasteiger partial charge is 0.451 e. The first-order valence-electron chi connectivity index (χ1n) is 5.63. The summed E-state index contributed by atoms with van der Waals surface area (Å²) in [7, 11) is 0. The Morgan fingerprint density at radius 3 is 2.37 bits per heavy atom. The van der Waals surface area contributed by atoms with Gasteiger partial charge in [0, 0.05) is 11.0 Å². The molecule has 0 aliphatic rings. The molecule has 2 nitrogen and oxygen atoms in total. The molecular weight excluding hydrogens is 316 g/mol. The molecular formula is C14H12BrF2NO. The maximum absolute atomic E-state index is 13.8. The lowest BCUT2D eigenvalue weighted by molar-refractivity contribution is 0.404. The zero-order valence-electron chi connectivity index (χ0n) is 10.2. The fourth-order valence-electron chi connectivity index (χ4n) is 1.62. The van der Waals surface area contributed by atoms with Crippen molar-refractivity contribution >= 4 is 15.9 Å². The minimum Gasteiger partial charge on any atom is -0.451 e. The number of nitrogens with two attached hydrogens (primary N) is 1. The Balaban J connectivity index is 2.41. The van der Waals surface area contributed by atoms with E-state index in [4.69, 9.17) is 10.5 Å². The van der Waals surface area contributed by atoms with Crippen LogP contribution < -0.4 is 10.5 Å². The molecule has 0 heterocycles. The molecule has 0 saturated carbocycles. The number of rotatable bonds is 3. The van der Waals surface area contributed by atoms with Crippen molar-refractivity contribution in [3.63, 3.8) is 0 Å². The van der Waals surface area contributed by atoms with Gasteiger partial charge in [-0.25, -0.2) is 8.78 Å². The Kier molecular flexibility index (Phi) is 4.17. The van der Waals surface area contributed by atoms with Crippen LogP contribution in [-0.2, 0) is 6.54 Å². The number of ether oxygens (including phenoxy) is 1. The van der Waals surface area contributed by atoms with Crippen LogP contribution in [0.2, 0.25) is 0 Å². The van der Waals surface area contributed by atoms with Gasteiger partial charge in [-0.1, -0.05) is 22.0 Å². The quantitative estimate of drug-likeness (QED) is 0.912. The molecule has 2 N–H and O–H groups in total. The molecule has 0 amide bonds. The highest BCUT2D eigenvalue weighted by molar-refractivity contribution is 9.10. The molecule has 0 bridgehead atoms. The molecule has 0 aromatic heterocycles. The van der Waals surface area contributed by atoms with Crippen LogP contribution in [0, 0.1) is 18.6 Å². The fourth-order valence-corrected chi connectivity index (χ4v) is 1.96. The zero-order valence-corrected chi connectivity index (χ0v) is 11.8. The smallest absolute Gasteiger partial charge is 0.198 e. The molecule has 0 spiro atoms. The molecule has 2 aromatic carbocycles. The van der Waals surface area contributed by atoms with Crippen LogP contribution in [-0.4, -0.2) is 0 Å². The van der Waals surface area contributed by atoms with Crippen LogP contribution in [0.15, 0.2) is 34.8 Å². The molecule has 0 unspecified atom stereocenters. The first-order chi connectivity index (χ1) is 9.01. The Morgan fingerprint density at radius 2 is 1.79 bits per heavy atom. The van der Waals surface area contributed by atoms with Gasteiger partial charge in [0.15, 0.2) is 17.4 Å². The molecule has 2 aromatic rings. The van der Waals surface area contributed by atoms with E-state index >= 15 is 0 Å². The van der Waals surface area contributed by atoms with E-state index in [-0.39, 0.29) is 6.54 Å². The van der Waals surface area contributed by atoms with Crippen LogP contribution in [0.25, 0.3) is 0 Å². The Labute approximate surface area is 118 Å². The summed E-state index contributed by atoms with van der Waals surface area (Å²) >= 11 is 3.29. The van der Waals surface area contributed by atoms with Crippen LogP contribution in [0.1, 0.15) is 11.1 Å². The minimum atomic E-state index is -0.764. The summed E-state index contributed by atoms with van der Waals surface area (Å²) < 4.78 is 33.7. The fraction of sp³-hybridized carbons (Fsp3) is 0.143. The third kappa shape index (κ3) is 3.11. The molecule has 100 valence electrons. The number of aryl methyl sites for hydroxylation is 1. The number of hydrogen-bond donors (Lipinski definition) is 1. The van der Waals surface area contributed by atoms with Gasteiger partial charge in [0.05, 0.1) is 0 Å². The summed E-state index contributed by atoms with van der Waals surface area (Å²) in [4.78, 5) is 0. The van der Waals surface area contributed by atoms with E-state index in [9.17, 15) is 8.78 Å². The Hall–Kier alpha value is -1.46. The zero-order chi connectivity index (χ0) is 14.0. The summed E-state index contributed by atoms with van der Waals surface area (Å²) in [5.41, 5.74) is 6.52. The van der Waals surface area contributed by atoms with Crippen LogP contribution >= 0.6 is 15.9 Å². The van der Waals surface area contributed by atoms with Crippen molar-refractivity contribution in [3.05, 3.63) is 57.6 Å². The highest BCUT2D eigenvalue weighted by Gasteiger charge is 2.14. The van der Waals surface area contributed by atoms with Crippen LogP contribution in [0.5, 0.6) is 11.5 Å². The van der Waals surface area contributed by atoms with E-state index in [2.05, 4.69) is 15.9 Å². The van der Waals surface area contributed by atoms with E-state index in [1.807, 2.05) is 6.07 Å². The highest BCUT2D eigenvalue weighted by atomic mass is 79.9. The average Bonchev–Trinajstić information content (AvgIpc) is 2.37. The van der Waals surface area contributed by atoms with Crippen molar-refractivity contribution in [3.8, 4) is 11.5 Å². The standard InChI is InChI=1S/C14H12BrF2NO/c1-8-2-3-10(15)6-13(8)19-14-11(16)4-9(7-18)5-12(14)17/h2-6H,7,18H2,1H3. The van der Waals surface area contributed by atoms with Crippen molar-refractivity contribution in [2.45, 2.75) is 13.5 Å². The summed E-state index contributed by atoms with van der Waals surface area (Å²) in [6, 6.07) is 7.62. The third-order valence-electron chi connectivity index (χ3n) is 2.66. The maximum Gasteiger partial charge on any atom is 0.198 e. The van der Waals surface area contributed by atoms with Crippen molar-refractivity contribution in [2.24, 2.45) is 5.73 Å². The molecule has 0 radical (unpaired) electrons. The molecule has 0 atom stereocenters. The van der Waals surface area contributed by atoms with Crippen molar-refractivity contribution < 1.29 is 13.5 Å². The number of halogens is 3. The van der Waals surface area contributed by atoms with Crippen molar-refractivity contribution in [1.82, 2.24) is 0 Å². The SMILES string of the molecule is Cc1ccc(Br)cc1Oc1c(F)cc(CN)cc1F. The summed E-state index contributed by atoms with van der Waals surface area (Å²) in [5, 5.41) is 0. The third-order valence-corrected chi connectivity index (χ3v) is 3.15. The Morgan fingerprint density at radius 1 is 1.16 bits per heavy atom. The second kappa shape index (κ2) is 5.67. The van der Waals surface area contributed by atoms with Gasteiger partial charge in [-0.3, -0.25) is 0 Å². The predicted molar refractivity (Wildman–Crippen MR) is 73.2 cm³/mol. The topological polar surface area (TPSA) is 35.2 Å². The van der Waals surface area contributed by atoms with Crippen molar-refractivity contribution in [1.29, 1.82) is 0 Å². The van der Waals surface area contributed by atoms with E-state index < -0.39 is 17.4 Å². The minimum absolute atomic E-state index is 0.0734. The van der Waals surface area contributed by atoms with Gasteiger partial charge in [-0.2, -0.15) is 0 Å². The van der Waals surface area contributed by atoms with Gasteiger partial charge >= 0.3 is 0 Å². The van der Waals surface area contributed by atoms with E-state index in [0.717, 1.165) is 10.0 Å². The van der Waals surface area contributed by atoms with Crippen LogP contribution in [0.4, 0.5) is 8.78 Å². The monoisotopic (exact) mass is 327 g/mol. The highest BCUT2D eigenvalue weighted by Crippen LogP contribution is 2.32. The molecule has 2 rings (SSSR count). The summed E-state index contributed by atoms with van der Waals surface area (Å²) in [6.07, 6.45) is 0. The summed E-state index contributed by atoms with van der Waals surface area (Å²) in [6.45, 7) is 1.87. The van der Waals surface area contributed by atoms with E-state index in [0.29, 0.717) is 11.3 Å². The first-order valence-corrected chi connectivity index (χ1v) is 6.42. The Bertz CT molecular complexity index is 593. The normalized spacial score (nSPS) is 10.6. The second-order valence-corrected chi connectivity index (χ2v) is 5.02. The van der Waals surface area contributed by atoms with E-state index in [1.165, 1.54) is 12.1 Å². The lowest BCUT2D eigenvalue weighted by atomic mass is 10.2. The van der Waals surface area contributed by atoms with Gasteiger partial charge in [-0.15, -0.1) is 0 Å². The predicted octanol–water partition coefficient (Wildman–Crippen LogP) is 4.29. The number of hydrogen-bond acceptors (Lipinski definition) is 2. The van der Waals surface area contributed by atoms with E-state index in [1.54, 1.807) is 19.1 Å². The molecule has 19 heavy (non-hydrogen) atoms. The van der Waals surface area contributed by atoms with Crippen LogP contribution in [0.3, 0.4) is 0 Å². The van der Waals surface area contributed by atoms with Gasteiger partial charge in [0.2, 0.25) is 0 Å². The molecule has 0 aliphatic heterocycles. The van der Waals surface area contributed by atoms with Gasteiger partial charge < -0.3 is 10.5 Å². The number of benzene rings is 2. The molecule has 0 aliphatic carbocycles. The van der Waals surface area contributed by atoms with Gasteiger partial charge in [-0.05, 0) is 42.3 Å². The lowest BCUT2D eigenvalue weighted by Gasteiger charge is -2.11.